The first-order valence-electron chi connectivity index (χ1n) is 6.64. The summed E-state index contributed by atoms with van der Waals surface area (Å²) in [4.78, 5) is 11.9. The molecule has 0 atom stereocenters. The van der Waals surface area contributed by atoms with Crippen LogP contribution in [0.25, 0.3) is 0 Å². The highest BCUT2D eigenvalue weighted by Crippen LogP contribution is 2.33. The summed E-state index contributed by atoms with van der Waals surface area (Å²) >= 11 is 5.78. The number of carbonyl (C=O) groups is 1. The number of halogens is 2. The molecule has 0 bridgehead atoms. The number of ketones is 1. The zero-order chi connectivity index (χ0) is 14.1. The predicted molar refractivity (Wildman–Crippen MR) is 74.4 cm³/mol. The quantitative estimate of drug-likeness (QED) is 0.791. The van der Waals surface area contributed by atoms with Crippen LogP contribution in [0.15, 0.2) is 30.6 Å². The molecule has 0 saturated heterocycles. The highest BCUT2D eigenvalue weighted by Gasteiger charge is 2.31. The van der Waals surface area contributed by atoms with Crippen LogP contribution in [-0.4, -0.2) is 15.6 Å². The maximum atomic E-state index is 14.0. The van der Waals surface area contributed by atoms with Gasteiger partial charge in [0.2, 0.25) is 0 Å². The fourth-order valence-corrected chi connectivity index (χ4v) is 2.34. The number of nitrogens with zero attached hydrogens (tertiary/aromatic N) is 2. The molecule has 3 nitrogen and oxygen atoms in total. The largest absolute Gasteiger partial charge is 0.294 e. The van der Waals surface area contributed by atoms with E-state index in [4.69, 9.17) is 11.6 Å². The highest BCUT2D eigenvalue weighted by molar-refractivity contribution is 6.30. The van der Waals surface area contributed by atoms with Gasteiger partial charge in [-0.1, -0.05) is 17.7 Å². The second kappa shape index (κ2) is 5.37. The smallest absolute Gasteiger partial charge is 0.168 e. The van der Waals surface area contributed by atoms with E-state index in [-0.39, 0.29) is 17.3 Å². The average molecular weight is 293 g/mol. The van der Waals surface area contributed by atoms with Crippen molar-refractivity contribution in [3.05, 3.63) is 52.6 Å². The standard InChI is InChI=1S/C15H14ClFN2O/c16-12-8-18-19(9-12)6-5-10-1-4-13(14(17)7-10)15(20)11-2-3-11/h1,4,7-9,11H,2-3,5-6H2. The van der Waals surface area contributed by atoms with Crippen molar-refractivity contribution in [3.63, 3.8) is 0 Å². The molecule has 1 aromatic carbocycles. The third-order valence-electron chi connectivity index (χ3n) is 3.48. The van der Waals surface area contributed by atoms with Gasteiger partial charge in [0, 0.05) is 18.7 Å². The van der Waals surface area contributed by atoms with E-state index in [9.17, 15) is 9.18 Å². The van der Waals surface area contributed by atoms with Gasteiger partial charge in [0.1, 0.15) is 5.82 Å². The summed E-state index contributed by atoms with van der Waals surface area (Å²) in [5, 5.41) is 4.65. The number of Topliss-reactive ketones (excluding diaryl/α,β-unsaturated/α-hetero) is 1. The Hall–Kier alpha value is -1.68. The van der Waals surface area contributed by atoms with E-state index in [0.29, 0.717) is 18.0 Å². The highest BCUT2D eigenvalue weighted by atomic mass is 35.5. The number of benzene rings is 1. The van der Waals surface area contributed by atoms with E-state index in [2.05, 4.69) is 5.10 Å². The van der Waals surface area contributed by atoms with Gasteiger partial charge in [-0.2, -0.15) is 5.10 Å². The third kappa shape index (κ3) is 2.90. The Balaban J connectivity index is 1.68. The molecule has 3 rings (SSSR count). The summed E-state index contributed by atoms with van der Waals surface area (Å²) in [6.07, 6.45) is 5.72. The maximum Gasteiger partial charge on any atom is 0.168 e. The number of hydrogen-bond donors (Lipinski definition) is 0. The van der Waals surface area contributed by atoms with E-state index >= 15 is 0 Å². The van der Waals surface area contributed by atoms with Crippen molar-refractivity contribution in [2.75, 3.05) is 0 Å². The Bertz CT molecular complexity index is 649. The summed E-state index contributed by atoms with van der Waals surface area (Å²) in [5.74, 6) is -0.438. The van der Waals surface area contributed by atoms with Gasteiger partial charge in [-0.15, -0.1) is 0 Å². The molecule has 1 aliphatic carbocycles. The SMILES string of the molecule is O=C(c1ccc(CCn2cc(Cl)cn2)cc1F)C1CC1. The molecule has 20 heavy (non-hydrogen) atoms. The minimum Gasteiger partial charge on any atom is -0.294 e. The Morgan fingerprint density at radius 2 is 2.25 bits per heavy atom. The molecule has 1 aromatic heterocycles. The molecule has 1 aliphatic rings. The second-order valence-corrected chi connectivity index (χ2v) is 5.56. The summed E-state index contributed by atoms with van der Waals surface area (Å²) in [7, 11) is 0. The fraction of sp³-hybridized carbons (Fsp3) is 0.333. The van der Waals surface area contributed by atoms with Crippen molar-refractivity contribution in [1.82, 2.24) is 9.78 Å². The van der Waals surface area contributed by atoms with Gasteiger partial charge in [0.25, 0.3) is 0 Å². The van der Waals surface area contributed by atoms with E-state index in [1.165, 1.54) is 6.07 Å². The zero-order valence-electron chi connectivity index (χ0n) is 10.9. The van der Waals surface area contributed by atoms with Crippen molar-refractivity contribution in [2.45, 2.75) is 25.8 Å². The van der Waals surface area contributed by atoms with Crippen LogP contribution in [0.1, 0.15) is 28.8 Å². The van der Waals surface area contributed by atoms with Crippen LogP contribution in [0.5, 0.6) is 0 Å². The van der Waals surface area contributed by atoms with E-state index in [0.717, 1.165) is 18.4 Å². The van der Waals surface area contributed by atoms with Gasteiger partial charge in [-0.05, 0) is 37.0 Å². The molecule has 5 heteroatoms. The molecule has 0 spiro atoms. The van der Waals surface area contributed by atoms with Crippen LogP contribution < -0.4 is 0 Å². The van der Waals surface area contributed by atoms with Crippen molar-refractivity contribution >= 4 is 17.4 Å². The Kier molecular flexibility index (Phi) is 3.57. The number of carbonyl (C=O) groups excluding carboxylic acids is 1. The number of aryl methyl sites for hydroxylation is 2. The third-order valence-corrected chi connectivity index (χ3v) is 3.67. The summed E-state index contributed by atoms with van der Waals surface area (Å²) in [6, 6.07) is 4.85. The summed E-state index contributed by atoms with van der Waals surface area (Å²) in [6.45, 7) is 0.627. The van der Waals surface area contributed by atoms with Gasteiger partial charge in [0.15, 0.2) is 5.78 Å². The fourth-order valence-electron chi connectivity index (χ4n) is 2.18. The van der Waals surface area contributed by atoms with Crippen LogP contribution in [0.2, 0.25) is 5.02 Å². The molecular weight excluding hydrogens is 279 g/mol. The minimum absolute atomic E-state index is 0.0431. The Morgan fingerprint density at radius 3 is 2.85 bits per heavy atom. The van der Waals surface area contributed by atoms with E-state index in [1.807, 2.05) is 6.07 Å². The van der Waals surface area contributed by atoms with E-state index in [1.54, 1.807) is 23.1 Å². The lowest BCUT2D eigenvalue weighted by Gasteiger charge is -2.05. The van der Waals surface area contributed by atoms with Crippen LogP contribution >= 0.6 is 11.6 Å². The van der Waals surface area contributed by atoms with Gasteiger partial charge in [-0.3, -0.25) is 9.48 Å². The molecule has 104 valence electrons. The van der Waals surface area contributed by atoms with Gasteiger partial charge < -0.3 is 0 Å². The normalized spacial score (nSPS) is 14.5. The molecule has 0 unspecified atom stereocenters. The van der Waals surface area contributed by atoms with Crippen molar-refractivity contribution in [3.8, 4) is 0 Å². The van der Waals surface area contributed by atoms with Crippen molar-refractivity contribution in [2.24, 2.45) is 5.92 Å². The molecule has 2 aromatic rings. The minimum atomic E-state index is -0.419. The van der Waals surface area contributed by atoms with Crippen LogP contribution in [0.4, 0.5) is 4.39 Å². The maximum absolute atomic E-state index is 14.0. The first kappa shape index (κ1) is 13.3. The predicted octanol–water partition coefficient (Wildman–Crippen LogP) is 3.51. The summed E-state index contributed by atoms with van der Waals surface area (Å²) < 4.78 is 15.7. The number of aromatic nitrogens is 2. The average Bonchev–Trinajstić information content (AvgIpc) is 3.19. The zero-order valence-corrected chi connectivity index (χ0v) is 11.6. The Labute approximate surface area is 121 Å². The molecule has 1 heterocycles. The van der Waals surface area contributed by atoms with Crippen molar-refractivity contribution in [1.29, 1.82) is 0 Å². The van der Waals surface area contributed by atoms with Crippen LogP contribution in [-0.2, 0) is 13.0 Å². The van der Waals surface area contributed by atoms with Gasteiger partial charge in [-0.25, -0.2) is 4.39 Å². The number of hydrogen-bond acceptors (Lipinski definition) is 2. The lowest BCUT2D eigenvalue weighted by Crippen LogP contribution is -2.06. The molecule has 1 fully saturated rings. The van der Waals surface area contributed by atoms with E-state index < -0.39 is 5.82 Å². The molecule has 0 N–H and O–H groups in total. The van der Waals surface area contributed by atoms with Crippen LogP contribution in [0.3, 0.4) is 0 Å². The first-order valence-corrected chi connectivity index (χ1v) is 7.02. The van der Waals surface area contributed by atoms with Gasteiger partial charge in [0.05, 0.1) is 16.8 Å². The van der Waals surface area contributed by atoms with Crippen molar-refractivity contribution < 1.29 is 9.18 Å². The topological polar surface area (TPSA) is 34.9 Å². The summed E-state index contributed by atoms with van der Waals surface area (Å²) in [5.41, 5.74) is 1.07. The second-order valence-electron chi connectivity index (χ2n) is 5.12. The molecular formula is C15H14ClFN2O. The van der Waals surface area contributed by atoms with Crippen LogP contribution in [0, 0.1) is 11.7 Å². The number of rotatable bonds is 5. The first-order chi connectivity index (χ1) is 9.63. The molecule has 1 saturated carbocycles. The molecule has 0 amide bonds. The molecule has 0 aliphatic heterocycles. The lowest BCUT2D eigenvalue weighted by atomic mass is 10.0. The lowest BCUT2D eigenvalue weighted by molar-refractivity contribution is 0.0963. The monoisotopic (exact) mass is 292 g/mol. The molecule has 0 radical (unpaired) electrons. The Morgan fingerprint density at radius 1 is 1.45 bits per heavy atom. The van der Waals surface area contributed by atoms with Gasteiger partial charge >= 0.3 is 0 Å².